The fraction of sp³-hybridized carbons (Fsp3) is 0.462. The van der Waals surface area contributed by atoms with Crippen LogP contribution in [-0.2, 0) is 23.2 Å². The molecule has 0 saturated heterocycles. The maximum atomic E-state index is 12.3. The van der Waals surface area contributed by atoms with Crippen molar-refractivity contribution in [1.82, 2.24) is 5.32 Å². The highest BCUT2D eigenvalue weighted by Crippen LogP contribution is 2.23. The van der Waals surface area contributed by atoms with Crippen LogP contribution in [0, 0.1) is 0 Å². The number of ether oxygens (including phenoxy) is 1. The Balaban J connectivity index is 1.79. The molecule has 0 radical (unpaired) electrons. The van der Waals surface area contributed by atoms with Crippen LogP contribution < -0.4 is 9.88 Å². The predicted octanol–water partition coefficient (Wildman–Crippen LogP) is 5.79. The molecule has 1 heterocycles. The number of aryl methyl sites for hydroxylation is 1. The number of nitrogens with zero attached hydrogens (tertiary/aromatic N) is 1. The average Bonchev–Trinajstić information content (AvgIpc) is 2.72. The first kappa shape index (κ1) is 23.7. The van der Waals surface area contributed by atoms with Gasteiger partial charge in [-0.05, 0) is 56.4 Å². The number of pyridine rings is 1. The molecule has 4 nitrogen and oxygen atoms in total. The van der Waals surface area contributed by atoms with Crippen molar-refractivity contribution in [1.29, 1.82) is 0 Å². The quantitative estimate of drug-likeness (QED) is 0.377. The minimum absolute atomic E-state index is 0.328. The Kier molecular flexibility index (Phi) is 9.10. The van der Waals surface area contributed by atoms with Crippen molar-refractivity contribution in [2.45, 2.75) is 71.9 Å². The Morgan fingerprint density at radius 1 is 1.13 bits per heavy atom. The molecule has 2 rings (SSSR count). The molecule has 0 aliphatic rings. The molecule has 4 heteroatoms. The summed E-state index contributed by atoms with van der Waals surface area (Å²) in [5.74, 6) is 0. The van der Waals surface area contributed by atoms with E-state index in [0.29, 0.717) is 13.2 Å². The molecular weight excluding hydrogens is 372 g/mol. The highest BCUT2D eigenvalue weighted by molar-refractivity contribution is 5.69. The number of hydrogen-bond acceptors (Lipinski definition) is 2. The molecular formula is C26H37N2O2+. The SMILES string of the molecule is C=C(C)c1cccc(C(C)(C)NC(=O)OCC[n+]2ccc(CCCCCC)cc2)c1. The molecule has 0 unspecified atom stereocenters. The van der Waals surface area contributed by atoms with Crippen LogP contribution in [0.1, 0.15) is 70.1 Å². The van der Waals surface area contributed by atoms with Crippen LogP contribution in [-0.4, -0.2) is 12.7 Å². The van der Waals surface area contributed by atoms with Gasteiger partial charge in [0.1, 0.15) is 0 Å². The third-order valence-corrected chi connectivity index (χ3v) is 5.35. The fourth-order valence-corrected chi connectivity index (χ4v) is 3.34. The van der Waals surface area contributed by atoms with Gasteiger partial charge < -0.3 is 10.1 Å². The number of hydrogen-bond donors (Lipinski definition) is 1. The van der Waals surface area contributed by atoms with Gasteiger partial charge in [-0.25, -0.2) is 9.36 Å². The van der Waals surface area contributed by atoms with Gasteiger partial charge in [0, 0.05) is 12.1 Å². The Morgan fingerprint density at radius 3 is 2.53 bits per heavy atom. The van der Waals surface area contributed by atoms with Crippen LogP contribution in [0.5, 0.6) is 0 Å². The third kappa shape index (κ3) is 7.66. The second kappa shape index (κ2) is 11.5. The van der Waals surface area contributed by atoms with Crippen LogP contribution in [0.2, 0.25) is 0 Å². The van der Waals surface area contributed by atoms with Gasteiger partial charge in [0.05, 0.1) is 5.54 Å². The third-order valence-electron chi connectivity index (χ3n) is 5.35. The Morgan fingerprint density at radius 2 is 1.87 bits per heavy atom. The average molecular weight is 410 g/mol. The number of aromatic nitrogens is 1. The Labute approximate surface area is 182 Å². The molecule has 1 amide bonds. The zero-order valence-electron chi connectivity index (χ0n) is 19.0. The molecule has 0 bridgehead atoms. The zero-order valence-corrected chi connectivity index (χ0v) is 19.0. The molecule has 30 heavy (non-hydrogen) atoms. The molecule has 0 saturated carbocycles. The first-order valence-corrected chi connectivity index (χ1v) is 11.0. The van der Waals surface area contributed by atoms with Gasteiger partial charge in [0.2, 0.25) is 0 Å². The minimum Gasteiger partial charge on any atom is -0.443 e. The second-order valence-electron chi connectivity index (χ2n) is 8.50. The molecule has 0 aliphatic carbocycles. The molecule has 0 fully saturated rings. The van der Waals surface area contributed by atoms with Crippen LogP contribution >= 0.6 is 0 Å². The van der Waals surface area contributed by atoms with E-state index < -0.39 is 11.6 Å². The standard InChI is InChI=1S/C26H36N2O2/c1-6-7-8-9-11-22-14-16-28(17-15-22)18-19-30-25(29)27-26(4,5)24-13-10-12-23(20-24)21(2)3/h10,12-17,20H,2,6-9,11,18-19H2,1,3-5H3/p+1. The van der Waals surface area contributed by atoms with Gasteiger partial charge >= 0.3 is 6.09 Å². The summed E-state index contributed by atoms with van der Waals surface area (Å²) in [5.41, 5.74) is 3.92. The van der Waals surface area contributed by atoms with Gasteiger partial charge in [0.25, 0.3) is 0 Å². The number of carbonyl (C=O) groups excluding carboxylic acids is 1. The maximum Gasteiger partial charge on any atom is 0.408 e. The van der Waals surface area contributed by atoms with Crippen molar-refractivity contribution in [3.8, 4) is 0 Å². The van der Waals surface area contributed by atoms with E-state index in [4.69, 9.17) is 4.74 Å². The van der Waals surface area contributed by atoms with E-state index in [1.165, 1.54) is 31.2 Å². The minimum atomic E-state index is -0.533. The molecule has 0 spiro atoms. The van der Waals surface area contributed by atoms with Gasteiger partial charge in [-0.2, -0.15) is 0 Å². The lowest BCUT2D eigenvalue weighted by molar-refractivity contribution is -0.697. The van der Waals surface area contributed by atoms with E-state index >= 15 is 0 Å². The number of alkyl carbamates (subject to hydrolysis) is 1. The number of carbonyl (C=O) groups is 1. The first-order valence-electron chi connectivity index (χ1n) is 11.0. The first-order chi connectivity index (χ1) is 14.3. The van der Waals surface area contributed by atoms with Gasteiger partial charge in [-0.3, -0.25) is 0 Å². The smallest absolute Gasteiger partial charge is 0.408 e. The van der Waals surface area contributed by atoms with Crippen molar-refractivity contribution in [3.05, 3.63) is 72.1 Å². The van der Waals surface area contributed by atoms with Crippen LogP contribution in [0.15, 0.2) is 55.4 Å². The Hall–Kier alpha value is -2.62. The van der Waals surface area contributed by atoms with Gasteiger partial charge in [0.15, 0.2) is 25.5 Å². The van der Waals surface area contributed by atoms with Gasteiger partial charge in [-0.15, -0.1) is 0 Å². The summed E-state index contributed by atoms with van der Waals surface area (Å²) in [6.45, 7) is 13.1. The maximum absolute atomic E-state index is 12.3. The summed E-state index contributed by atoms with van der Waals surface area (Å²) in [4.78, 5) is 12.3. The highest BCUT2D eigenvalue weighted by atomic mass is 16.5. The van der Waals surface area contributed by atoms with Crippen LogP contribution in [0.25, 0.3) is 5.57 Å². The van der Waals surface area contributed by atoms with Crippen molar-refractivity contribution in [3.63, 3.8) is 0 Å². The van der Waals surface area contributed by atoms with E-state index in [1.807, 2.05) is 43.5 Å². The summed E-state index contributed by atoms with van der Waals surface area (Å²) in [7, 11) is 0. The number of unbranched alkanes of at least 4 members (excludes halogenated alkanes) is 3. The monoisotopic (exact) mass is 409 g/mol. The van der Waals surface area contributed by atoms with E-state index in [9.17, 15) is 4.79 Å². The highest BCUT2D eigenvalue weighted by Gasteiger charge is 2.24. The summed E-state index contributed by atoms with van der Waals surface area (Å²) in [5, 5.41) is 2.97. The van der Waals surface area contributed by atoms with E-state index in [2.05, 4.69) is 49.4 Å². The Bertz CT molecular complexity index is 825. The molecule has 0 aliphatic heterocycles. The summed E-state index contributed by atoms with van der Waals surface area (Å²) in [6, 6.07) is 12.4. The van der Waals surface area contributed by atoms with Crippen molar-refractivity contribution in [2.24, 2.45) is 0 Å². The largest absolute Gasteiger partial charge is 0.443 e. The zero-order chi connectivity index (χ0) is 22.0. The van der Waals surface area contributed by atoms with E-state index in [0.717, 1.165) is 23.1 Å². The molecule has 1 aromatic heterocycles. The number of rotatable bonds is 11. The lowest BCUT2D eigenvalue weighted by Crippen LogP contribution is -2.43. The summed E-state index contributed by atoms with van der Waals surface area (Å²) < 4.78 is 7.46. The lowest BCUT2D eigenvalue weighted by atomic mass is 9.92. The second-order valence-corrected chi connectivity index (χ2v) is 8.50. The van der Waals surface area contributed by atoms with Crippen molar-refractivity contribution in [2.75, 3.05) is 6.61 Å². The number of benzene rings is 1. The fourth-order valence-electron chi connectivity index (χ4n) is 3.34. The topological polar surface area (TPSA) is 42.2 Å². The molecule has 1 aromatic carbocycles. The number of allylic oxidation sites excluding steroid dienone is 1. The summed E-state index contributed by atoms with van der Waals surface area (Å²) in [6.07, 6.45) is 9.94. The van der Waals surface area contributed by atoms with Gasteiger partial charge in [-0.1, -0.05) is 56.5 Å². The lowest BCUT2D eigenvalue weighted by Gasteiger charge is -2.27. The number of nitrogens with one attached hydrogen (secondary N) is 1. The summed E-state index contributed by atoms with van der Waals surface area (Å²) >= 11 is 0. The predicted molar refractivity (Wildman–Crippen MR) is 123 cm³/mol. The molecule has 1 N–H and O–H groups in total. The van der Waals surface area contributed by atoms with Crippen molar-refractivity contribution < 1.29 is 14.1 Å². The van der Waals surface area contributed by atoms with E-state index in [-0.39, 0.29) is 0 Å². The molecule has 162 valence electrons. The van der Waals surface area contributed by atoms with Crippen LogP contribution in [0.3, 0.4) is 0 Å². The van der Waals surface area contributed by atoms with E-state index in [1.54, 1.807) is 0 Å². The van der Waals surface area contributed by atoms with Crippen molar-refractivity contribution >= 4 is 11.7 Å². The normalized spacial score (nSPS) is 11.2. The molecule has 0 atom stereocenters. The van der Waals surface area contributed by atoms with Crippen LogP contribution in [0.4, 0.5) is 4.79 Å². The number of amides is 1. The molecule has 2 aromatic rings.